The molecule has 0 aliphatic rings. The van der Waals surface area contributed by atoms with Crippen LogP contribution in [-0.2, 0) is 16.6 Å². The van der Waals surface area contributed by atoms with Crippen LogP contribution in [0.25, 0.3) is 0 Å². The van der Waals surface area contributed by atoms with Gasteiger partial charge >= 0.3 is 0 Å². The van der Waals surface area contributed by atoms with Gasteiger partial charge in [0.15, 0.2) is 0 Å². The van der Waals surface area contributed by atoms with E-state index in [1.165, 1.54) is 0 Å². The number of rotatable bonds is 8. The van der Waals surface area contributed by atoms with Crippen LogP contribution < -0.4 is 10.0 Å². The number of sulfonamides is 1. The first kappa shape index (κ1) is 18.6. The van der Waals surface area contributed by atoms with Gasteiger partial charge in [0.2, 0.25) is 10.0 Å². The van der Waals surface area contributed by atoms with Gasteiger partial charge in [-0.2, -0.15) is 0 Å². The first-order valence-corrected chi connectivity index (χ1v) is 9.48. The predicted molar refractivity (Wildman–Crippen MR) is 90.8 cm³/mol. The Bertz CT molecular complexity index is 571. The Kier molecular flexibility index (Phi) is 6.84. The largest absolute Gasteiger partial charge is 0.313 e. The number of nitrogens with one attached hydrogen (secondary N) is 2. The third-order valence-electron chi connectivity index (χ3n) is 3.56. The Hall–Kier alpha value is -0.430. The molecule has 0 amide bonds. The van der Waals surface area contributed by atoms with E-state index in [-0.39, 0.29) is 5.41 Å². The van der Waals surface area contributed by atoms with E-state index in [0.717, 1.165) is 18.5 Å². The van der Waals surface area contributed by atoms with Crippen molar-refractivity contribution in [1.29, 1.82) is 0 Å². The van der Waals surface area contributed by atoms with Crippen LogP contribution in [-0.4, -0.2) is 21.5 Å². The summed E-state index contributed by atoms with van der Waals surface area (Å²) in [6, 6.07) is 5.42. The monoisotopic (exact) mass is 376 g/mol. The van der Waals surface area contributed by atoms with Crippen molar-refractivity contribution in [1.82, 2.24) is 10.0 Å². The van der Waals surface area contributed by atoms with Crippen LogP contribution in [0.15, 0.2) is 27.6 Å². The fraction of sp³-hybridized carbons (Fsp3) is 0.600. The molecule has 2 N–H and O–H groups in total. The molecule has 6 heteroatoms. The Morgan fingerprint density at radius 2 is 1.90 bits per heavy atom. The zero-order valence-corrected chi connectivity index (χ0v) is 15.6. The van der Waals surface area contributed by atoms with Crippen molar-refractivity contribution in [2.75, 3.05) is 13.1 Å². The summed E-state index contributed by atoms with van der Waals surface area (Å²) >= 11 is 3.33. The summed E-state index contributed by atoms with van der Waals surface area (Å²) in [6.07, 6.45) is 0.914. The second kappa shape index (κ2) is 7.72. The average molecular weight is 377 g/mol. The van der Waals surface area contributed by atoms with E-state index in [9.17, 15) is 8.42 Å². The molecule has 0 radical (unpaired) electrons. The van der Waals surface area contributed by atoms with Crippen molar-refractivity contribution < 1.29 is 8.42 Å². The van der Waals surface area contributed by atoms with Crippen LogP contribution in [0.3, 0.4) is 0 Å². The molecule has 0 unspecified atom stereocenters. The van der Waals surface area contributed by atoms with Gasteiger partial charge in [0.1, 0.15) is 0 Å². The first-order chi connectivity index (χ1) is 9.72. The lowest BCUT2D eigenvalue weighted by atomic mass is 9.91. The fourth-order valence-electron chi connectivity index (χ4n) is 1.63. The Morgan fingerprint density at radius 3 is 2.48 bits per heavy atom. The molecule has 0 aliphatic carbocycles. The third-order valence-corrected chi connectivity index (χ3v) is 5.96. The van der Waals surface area contributed by atoms with Crippen LogP contribution in [0, 0.1) is 5.41 Å². The van der Waals surface area contributed by atoms with Gasteiger partial charge in [-0.05, 0) is 52.0 Å². The minimum Gasteiger partial charge on any atom is -0.313 e. The molecule has 0 atom stereocenters. The summed E-state index contributed by atoms with van der Waals surface area (Å²) in [4.78, 5) is 0.296. The van der Waals surface area contributed by atoms with Crippen molar-refractivity contribution >= 4 is 26.0 Å². The fourth-order valence-corrected chi connectivity index (χ4v) is 3.88. The van der Waals surface area contributed by atoms with Crippen molar-refractivity contribution in [2.24, 2.45) is 5.41 Å². The highest BCUT2D eigenvalue weighted by atomic mass is 79.9. The first-order valence-electron chi connectivity index (χ1n) is 7.20. The molecule has 0 fully saturated rings. The predicted octanol–water partition coefficient (Wildman–Crippen LogP) is 3.27. The highest BCUT2D eigenvalue weighted by Gasteiger charge is 2.22. The molecule has 0 saturated carbocycles. The van der Waals surface area contributed by atoms with Crippen LogP contribution >= 0.6 is 15.9 Å². The van der Waals surface area contributed by atoms with Gasteiger partial charge in [-0.1, -0.05) is 33.8 Å². The third kappa shape index (κ3) is 5.70. The van der Waals surface area contributed by atoms with E-state index in [0.29, 0.717) is 22.5 Å². The minimum atomic E-state index is -3.51. The Balaban J connectivity index is 2.96. The van der Waals surface area contributed by atoms with Gasteiger partial charge in [-0.3, -0.25) is 0 Å². The number of hydrogen-bond acceptors (Lipinski definition) is 3. The molecule has 1 aromatic rings. The van der Waals surface area contributed by atoms with E-state index < -0.39 is 10.0 Å². The van der Waals surface area contributed by atoms with Gasteiger partial charge < -0.3 is 5.32 Å². The summed E-state index contributed by atoms with van der Waals surface area (Å²) in [5.74, 6) is 0. The molecule has 0 saturated heterocycles. The van der Waals surface area contributed by atoms with Crippen LogP contribution in [0.1, 0.15) is 39.7 Å². The molecule has 0 aromatic heterocycles. The molecule has 0 aliphatic heterocycles. The molecule has 4 nitrogen and oxygen atoms in total. The van der Waals surface area contributed by atoms with Crippen molar-refractivity contribution in [3.8, 4) is 0 Å². The minimum absolute atomic E-state index is 0.0546. The molecule has 1 rings (SSSR count). The molecule has 0 bridgehead atoms. The lowest BCUT2D eigenvalue weighted by Crippen LogP contribution is -2.33. The van der Waals surface area contributed by atoms with Crippen molar-refractivity contribution in [2.45, 2.75) is 45.6 Å². The van der Waals surface area contributed by atoms with Gasteiger partial charge in [-0.25, -0.2) is 13.1 Å². The number of hydrogen-bond donors (Lipinski definition) is 2. The zero-order valence-electron chi connectivity index (χ0n) is 13.2. The van der Waals surface area contributed by atoms with Crippen LogP contribution in [0.5, 0.6) is 0 Å². The lowest BCUT2D eigenvalue weighted by molar-refractivity contribution is 0.350. The zero-order chi connectivity index (χ0) is 16.1. The van der Waals surface area contributed by atoms with Gasteiger partial charge in [0.25, 0.3) is 0 Å². The molecule has 120 valence electrons. The molecular formula is C15H25BrN2O2S. The molecule has 1 aromatic carbocycles. The van der Waals surface area contributed by atoms with Gasteiger partial charge in [-0.15, -0.1) is 0 Å². The summed E-state index contributed by atoms with van der Waals surface area (Å²) in [7, 11) is -3.51. The second-order valence-corrected chi connectivity index (χ2v) is 8.48. The topological polar surface area (TPSA) is 58.2 Å². The molecule has 21 heavy (non-hydrogen) atoms. The summed E-state index contributed by atoms with van der Waals surface area (Å²) < 4.78 is 28.3. The van der Waals surface area contributed by atoms with Gasteiger partial charge in [0, 0.05) is 17.6 Å². The van der Waals surface area contributed by atoms with Crippen LogP contribution in [0.4, 0.5) is 0 Å². The summed E-state index contributed by atoms with van der Waals surface area (Å²) in [6.45, 7) is 10.1. The SMILES string of the molecule is CCNCc1ccc(Br)c(S(=O)(=O)NCC(C)(C)CC)c1. The Morgan fingerprint density at radius 1 is 1.24 bits per heavy atom. The number of benzene rings is 1. The molecule has 0 heterocycles. The highest BCUT2D eigenvalue weighted by Crippen LogP contribution is 2.25. The van der Waals surface area contributed by atoms with E-state index >= 15 is 0 Å². The van der Waals surface area contributed by atoms with E-state index in [1.807, 2.05) is 26.8 Å². The summed E-state index contributed by atoms with van der Waals surface area (Å²) in [5.41, 5.74) is 0.899. The van der Waals surface area contributed by atoms with E-state index in [1.54, 1.807) is 12.1 Å². The Labute approximate surface area is 136 Å². The van der Waals surface area contributed by atoms with Crippen molar-refractivity contribution in [3.63, 3.8) is 0 Å². The van der Waals surface area contributed by atoms with Gasteiger partial charge in [0.05, 0.1) is 4.90 Å². The summed E-state index contributed by atoms with van der Waals surface area (Å²) in [5, 5.41) is 3.20. The highest BCUT2D eigenvalue weighted by molar-refractivity contribution is 9.10. The lowest BCUT2D eigenvalue weighted by Gasteiger charge is -2.23. The van der Waals surface area contributed by atoms with E-state index in [4.69, 9.17) is 0 Å². The average Bonchev–Trinajstić information content (AvgIpc) is 2.44. The maximum Gasteiger partial charge on any atom is 0.241 e. The smallest absolute Gasteiger partial charge is 0.241 e. The van der Waals surface area contributed by atoms with Crippen LogP contribution in [0.2, 0.25) is 0 Å². The molecular weight excluding hydrogens is 352 g/mol. The number of halogens is 1. The molecule has 0 spiro atoms. The maximum absolute atomic E-state index is 12.5. The maximum atomic E-state index is 12.5. The quantitative estimate of drug-likeness (QED) is 0.731. The normalized spacial score (nSPS) is 12.6. The standard InChI is InChI=1S/C15H25BrN2O2S/c1-5-15(3,4)11-18-21(19,20)14-9-12(10-17-6-2)7-8-13(14)16/h7-9,17-18H,5-6,10-11H2,1-4H3. The second-order valence-electron chi connectivity index (χ2n) is 5.89. The van der Waals surface area contributed by atoms with Crippen molar-refractivity contribution in [3.05, 3.63) is 28.2 Å². The van der Waals surface area contributed by atoms with E-state index in [2.05, 4.69) is 32.9 Å².